The first kappa shape index (κ1) is 11.9. The van der Waals surface area contributed by atoms with Crippen molar-refractivity contribution in [3.63, 3.8) is 0 Å². The van der Waals surface area contributed by atoms with E-state index in [2.05, 4.69) is 48.9 Å². The average molecular weight is 229 g/mol. The highest BCUT2D eigenvalue weighted by Crippen LogP contribution is 2.29. The van der Waals surface area contributed by atoms with Crippen molar-refractivity contribution < 1.29 is 4.79 Å². The van der Waals surface area contributed by atoms with E-state index in [-0.39, 0.29) is 5.78 Å². The van der Waals surface area contributed by atoms with Gasteiger partial charge in [-0.2, -0.15) is 0 Å². The maximum atomic E-state index is 11.2. The summed E-state index contributed by atoms with van der Waals surface area (Å²) in [6, 6.07) is 8.41. The van der Waals surface area contributed by atoms with E-state index in [4.69, 9.17) is 0 Å². The zero-order valence-corrected chi connectivity index (χ0v) is 10.7. The Bertz CT molecular complexity index is 539. The molecular weight excluding hydrogens is 210 g/mol. The molecule has 0 spiro atoms. The van der Waals surface area contributed by atoms with Gasteiger partial charge in [-0.1, -0.05) is 25.1 Å². The number of Topliss-reactive ketones (excluding diaryl/α,β-unsaturated/α-hetero) is 1. The zero-order valence-electron chi connectivity index (χ0n) is 10.7. The molecular formula is C15H19NO. The van der Waals surface area contributed by atoms with Gasteiger partial charge < -0.3 is 9.36 Å². The summed E-state index contributed by atoms with van der Waals surface area (Å²) in [7, 11) is 0. The van der Waals surface area contributed by atoms with E-state index in [1.54, 1.807) is 6.92 Å². The minimum absolute atomic E-state index is 0.255. The van der Waals surface area contributed by atoms with Gasteiger partial charge >= 0.3 is 0 Å². The normalized spacial score (nSPS) is 12.9. The number of aromatic nitrogens is 1. The number of hydrogen-bond donors (Lipinski definition) is 0. The van der Waals surface area contributed by atoms with Crippen molar-refractivity contribution in [1.29, 1.82) is 0 Å². The topological polar surface area (TPSA) is 22.0 Å². The monoisotopic (exact) mass is 229 g/mol. The lowest BCUT2D eigenvalue weighted by atomic mass is 9.96. The molecule has 1 heterocycles. The molecule has 0 aliphatic rings. The number of ketones is 1. The second-order valence-corrected chi connectivity index (χ2v) is 4.69. The fourth-order valence-corrected chi connectivity index (χ4v) is 2.47. The second kappa shape index (κ2) is 4.74. The van der Waals surface area contributed by atoms with Crippen LogP contribution in [0, 0.1) is 0 Å². The summed E-state index contributed by atoms with van der Waals surface area (Å²) < 4.78 is 2.25. The third-order valence-corrected chi connectivity index (χ3v) is 3.28. The number of carbonyl (C=O) groups is 1. The molecule has 0 aliphatic heterocycles. The van der Waals surface area contributed by atoms with Gasteiger partial charge in [0.2, 0.25) is 0 Å². The van der Waals surface area contributed by atoms with Crippen LogP contribution in [-0.4, -0.2) is 10.4 Å². The number of rotatable bonds is 4. The molecule has 0 saturated heterocycles. The first-order chi connectivity index (χ1) is 8.13. The highest BCUT2D eigenvalue weighted by molar-refractivity contribution is 5.85. The highest BCUT2D eigenvalue weighted by Gasteiger charge is 2.14. The number of benzene rings is 1. The summed E-state index contributed by atoms with van der Waals surface area (Å²) in [5, 5.41) is 1.28. The van der Waals surface area contributed by atoms with Crippen molar-refractivity contribution in [3.8, 4) is 0 Å². The van der Waals surface area contributed by atoms with E-state index < -0.39 is 0 Å². The van der Waals surface area contributed by atoms with Gasteiger partial charge in [-0.15, -0.1) is 0 Å². The smallest absolute Gasteiger partial charge is 0.130 e. The maximum Gasteiger partial charge on any atom is 0.130 e. The van der Waals surface area contributed by atoms with Crippen molar-refractivity contribution in [2.75, 3.05) is 0 Å². The summed E-state index contributed by atoms with van der Waals surface area (Å²) in [4.78, 5) is 11.2. The molecule has 2 rings (SSSR count). The minimum Gasteiger partial charge on any atom is -0.347 e. The Kier molecular flexibility index (Phi) is 3.32. The van der Waals surface area contributed by atoms with Gasteiger partial charge in [0.15, 0.2) is 0 Å². The molecule has 0 radical (unpaired) electrons. The van der Waals surface area contributed by atoms with Gasteiger partial charge in [0.25, 0.3) is 0 Å². The van der Waals surface area contributed by atoms with E-state index in [0.717, 1.165) is 6.54 Å². The molecule has 0 fully saturated rings. The van der Waals surface area contributed by atoms with E-state index in [0.29, 0.717) is 12.3 Å². The summed E-state index contributed by atoms with van der Waals surface area (Å²) in [5.74, 6) is 0.552. The summed E-state index contributed by atoms with van der Waals surface area (Å²) in [6.45, 7) is 6.90. The van der Waals surface area contributed by atoms with Gasteiger partial charge in [0.1, 0.15) is 5.78 Å². The van der Waals surface area contributed by atoms with Crippen LogP contribution < -0.4 is 0 Å². The van der Waals surface area contributed by atoms with Crippen molar-refractivity contribution in [1.82, 2.24) is 4.57 Å². The Balaban J connectivity index is 2.50. The lowest BCUT2D eigenvalue weighted by molar-refractivity contribution is -0.117. The van der Waals surface area contributed by atoms with Crippen LogP contribution >= 0.6 is 0 Å². The van der Waals surface area contributed by atoms with Crippen molar-refractivity contribution >= 4 is 16.7 Å². The molecule has 2 heteroatoms. The Morgan fingerprint density at radius 2 is 2.06 bits per heavy atom. The van der Waals surface area contributed by atoms with E-state index in [1.165, 1.54) is 16.5 Å². The molecule has 17 heavy (non-hydrogen) atoms. The predicted octanol–water partition coefficient (Wildman–Crippen LogP) is 3.74. The molecule has 0 saturated carbocycles. The summed E-state index contributed by atoms with van der Waals surface area (Å²) >= 11 is 0. The molecule has 0 aliphatic carbocycles. The fourth-order valence-electron chi connectivity index (χ4n) is 2.47. The first-order valence-corrected chi connectivity index (χ1v) is 6.20. The zero-order chi connectivity index (χ0) is 12.4. The van der Waals surface area contributed by atoms with Crippen LogP contribution in [0.1, 0.15) is 38.7 Å². The molecule has 0 N–H and O–H groups in total. The number of nitrogens with zero attached hydrogens (tertiary/aromatic N) is 1. The summed E-state index contributed by atoms with van der Waals surface area (Å²) in [6.07, 6.45) is 2.82. The molecule has 0 amide bonds. The van der Waals surface area contributed by atoms with E-state index in [1.807, 2.05) is 0 Å². The van der Waals surface area contributed by atoms with Crippen molar-refractivity contribution in [2.24, 2.45) is 0 Å². The van der Waals surface area contributed by atoms with Crippen molar-refractivity contribution in [3.05, 3.63) is 36.0 Å². The van der Waals surface area contributed by atoms with Gasteiger partial charge in [-0.3, -0.25) is 0 Å². The Hall–Kier alpha value is -1.57. The van der Waals surface area contributed by atoms with Crippen LogP contribution in [0.25, 0.3) is 10.9 Å². The van der Waals surface area contributed by atoms with Gasteiger partial charge in [-0.05, 0) is 31.4 Å². The quantitative estimate of drug-likeness (QED) is 0.782. The molecule has 1 aromatic heterocycles. The van der Waals surface area contributed by atoms with Crippen LogP contribution in [0.5, 0.6) is 0 Å². The van der Waals surface area contributed by atoms with Gasteiger partial charge in [0.05, 0.1) is 0 Å². The van der Waals surface area contributed by atoms with Gasteiger partial charge in [0, 0.05) is 30.1 Å². The highest BCUT2D eigenvalue weighted by atomic mass is 16.1. The number of aryl methyl sites for hydroxylation is 1. The Labute approximate surface area is 102 Å². The largest absolute Gasteiger partial charge is 0.347 e. The fraction of sp³-hybridized carbons (Fsp3) is 0.400. The second-order valence-electron chi connectivity index (χ2n) is 4.69. The molecule has 1 aromatic carbocycles. The molecule has 0 bridgehead atoms. The first-order valence-electron chi connectivity index (χ1n) is 6.20. The standard InChI is InChI=1S/C15H19NO/c1-4-16-10-14(11(2)9-12(3)17)13-7-5-6-8-15(13)16/h5-8,10-11H,4,9H2,1-3H3. The van der Waals surface area contributed by atoms with Crippen LogP contribution in [0.4, 0.5) is 0 Å². The van der Waals surface area contributed by atoms with Crippen LogP contribution in [0.2, 0.25) is 0 Å². The van der Waals surface area contributed by atoms with E-state index in [9.17, 15) is 4.79 Å². The molecule has 90 valence electrons. The number of carbonyl (C=O) groups excluding carboxylic acids is 1. The Morgan fingerprint density at radius 1 is 1.35 bits per heavy atom. The third kappa shape index (κ3) is 2.26. The third-order valence-electron chi connectivity index (χ3n) is 3.28. The lowest BCUT2D eigenvalue weighted by Gasteiger charge is -2.07. The number of fused-ring (bicyclic) bond motifs is 1. The number of hydrogen-bond acceptors (Lipinski definition) is 1. The van der Waals surface area contributed by atoms with Crippen LogP contribution in [0.3, 0.4) is 0 Å². The SMILES string of the molecule is CCn1cc(C(C)CC(C)=O)c2ccccc21. The molecule has 2 nitrogen and oxygen atoms in total. The van der Waals surface area contributed by atoms with Crippen LogP contribution in [-0.2, 0) is 11.3 Å². The lowest BCUT2D eigenvalue weighted by Crippen LogP contribution is -1.99. The van der Waals surface area contributed by atoms with E-state index >= 15 is 0 Å². The van der Waals surface area contributed by atoms with Crippen LogP contribution in [0.15, 0.2) is 30.5 Å². The van der Waals surface area contributed by atoms with Crippen molar-refractivity contribution in [2.45, 2.75) is 39.7 Å². The molecule has 1 unspecified atom stereocenters. The molecule has 1 atom stereocenters. The molecule has 2 aromatic rings. The summed E-state index contributed by atoms with van der Waals surface area (Å²) in [5.41, 5.74) is 2.55. The minimum atomic E-state index is 0.255. The van der Waals surface area contributed by atoms with Gasteiger partial charge in [-0.25, -0.2) is 0 Å². The Morgan fingerprint density at radius 3 is 2.71 bits per heavy atom. The predicted molar refractivity (Wildman–Crippen MR) is 71.3 cm³/mol. The number of para-hydroxylation sites is 1. The average Bonchev–Trinajstić information content (AvgIpc) is 2.67. The maximum absolute atomic E-state index is 11.2.